The molecule has 6 heteroatoms. The van der Waals surface area contributed by atoms with E-state index in [1.807, 2.05) is 30.3 Å². The van der Waals surface area contributed by atoms with Crippen LogP contribution in [-0.4, -0.2) is 20.1 Å². The van der Waals surface area contributed by atoms with E-state index in [0.29, 0.717) is 19.7 Å². The Morgan fingerprint density at radius 1 is 1.04 bits per heavy atom. The van der Waals surface area contributed by atoms with Crippen LogP contribution in [0.1, 0.15) is 16.7 Å². The third kappa shape index (κ3) is 6.67. The number of halogens is 2. The molecule has 0 heterocycles. The van der Waals surface area contributed by atoms with Gasteiger partial charge in [-0.2, -0.15) is 0 Å². The van der Waals surface area contributed by atoms with Crippen LogP contribution in [0.3, 0.4) is 0 Å². The molecule has 0 aromatic heterocycles. The van der Waals surface area contributed by atoms with Crippen LogP contribution in [0.5, 0.6) is 0 Å². The molecule has 0 saturated carbocycles. The minimum Gasteiger partial charge on any atom is -0.380 e. The summed E-state index contributed by atoms with van der Waals surface area (Å²) in [4.78, 5) is 4.23. The van der Waals surface area contributed by atoms with Crippen molar-refractivity contribution in [3.8, 4) is 0 Å². The number of ether oxygens (including phenoxy) is 1. The molecule has 0 fully saturated rings. The first kappa shape index (κ1) is 20.7. The molecule has 2 aromatic carbocycles. The van der Waals surface area contributed by atoms with E-state index in [0.717, 1.165) is 22.1 Å². The maximum absolute atomic E-state index is 6.16. The molecule has 0 aliphatic rings. The van der Waals surface area contributed by atoms with Gasteiger partial charge in [0.25, 0.3) is 0 Å². The molecule has 2 N–H and O–H groups in total. The number of guanidine groups is 1. The molecule has 0 radical (unpaired) electrons. The zero-order valence-electron chi connectivity index (χ0n) is 13.9. The van der Waals surface area contributed by atoms with Gasteiger partial charge in [-0.1, -0.05) is 54.1 Å². The van der Waals surface area contributed by atoms with Gasteiger partial charge in [0.15, 0.2) is 5.96 Å². The van der Waals surface area contributed by atoms with Crippen molar-refractivity contribution in [3.05, 3.63) is 70.2 Å². The van der Waals surface area contributed by atoms with Crippen LogP contribution in [0.25, 0.3) is 0 Å². The van der Waals surface area contributed by atoms with Gasteiger partial charge < -0.3 is 15.4 Å². The summed E-state index contributed by atoms with van der Waals surface area (Å²) < 4.78 is 5.16. The Hall–Kier alpha value is -1.31. The molecule has 2 aromatic rings. The quantitative estimate of drug-likeness (QED) is 0.390. The van der Waals surface area contributed by atoms with Gasteiger partial charge >= 0.3 is 0 Å². The molecule has 0 amide bonds. The highest BCUT2D eigenvalue weighted by molar-refractivity contribution is 14.0. The lowest BCUT2D eigenvalue weighted by Gasteiger charge is -2.13. The smallest absolute Gasteiger partial charge is 0.191 e. The zero-order chi connectivity index (χ0) is 16.5. The van der Waals surface area contributed by atoms with Crippen LogP contribution in [0, 0.1) is 0 Å². The summed E-state index contributed by atoms with van der Waals surface area (Å²) >= 11 is 6.16. The van der Waals surface area contributed by atoms with Gasteiger partial charge in [-0.15, -0.1) is 24.0 Å². The fraction of sp³-hybridized carbons (Fsp3) is 0.278. The molecule has 2 rings (SSSR count). The Morgan fingerprint density at radius 2 is 1.75 bits per heavy atom. The van der Waals surface area contributed by atoms with E-state index in [4.69, 9.17) is 16.3 Å². The van der Waals surface area contributed by atoms with Gasteiger partial charge in [-0.05, 0) is 22.8 Å². The lowest BCUT2D eigenvalue weighted by atomic mass is 10.1. The van der Waals surface area contributed by atoms with Crippen LogP contribution in [0.15, 0.2) is 53.5 Å². The highest BCUT2D eigenvalue weighted by Gasteiger charge is 2.02. The summed E-state index contributed by atoms with van der Waals surface area (Å²) in [5.74, 6) is 0.738. The molecule has 0 aliphatic heterocycles. The summed E-state index contributed by atoms with van der Waals surface area (Å²) in [7, 11) is 3.45. The van der Waals surface area contributed by atoms with Gasteiger partial charge in [-0.3, -0.25) is 4.99 Å². The Morgan fingerprint density at radius 3 is 2.46 bits per heavy atom. The molecule has 4 nitrogen and oxygen atoms in total. The Kier molecular flexibility index (Phi) is 9.75. The first-order valence-corrected chi connectivity index (χ1v) is 7.85. The van der Waals surface area contributed by atoms with Crippen molar-refractivity contribution in [2.45, 2.75) is 19.7 Å². The number of hydrogen-bond acceptors (Lipinski definition) is 2. The summed E-state index contributed by atoms with van der Waals surface area (Å²) in [5.41, 5.74) is 3.38. The molecule has 0 bridgehead atoms. The molecular formula is C18H23ClIN3O. The maximum Gasteiger partial charge on any atom is 0.191 e. The van der Waals surface area contributed by atoms with Gasteiger partial charge in [0.05, 0.1) is 6.61 Å². The second kappa shape index (κ2) is 11.3. The molecule has 0 spiro atoms. The first-order chi connectivity index (χ1) is 11.2. The van der Waals surface area contributed by atoms with Crippen LogP contribution in [0.4, 0.5) is 0 Å². The van der Waals surface area contributed by atoms with Gasteiger partial charge in [0, 0.05) is 32.3 Å². The third-order valence-corrected chi connectivity index (χ3v) is 3.76. The number of nitrogens with zero attached hydrogens (tertiary/aromatic N) is 1. The van der Waals surface area contributed by atoms with Crippen molar-refractivity contribution in [1.82, 2.24) is 10.6 Å². The minimum absolute atomic E-state index is 0. The molecular weight excluding hydrogens is 437 g/mol. The lowest BCUT2D eigenvalue weighted by molar-refractivity contribution is 0.185. The Labute approximate surface area is 165 Å². The lowest BCUT2D eigenvalue weighted by Crippen LogP contribution is -2.36. The van der Waals surface area contributed by atoms with Crippen molar-refractivity contribution in [2.75, 3.05) is 14.2 Å². The van der Waals surface area contributed by atoms with Crippen LogP contribution < -0.4 is 10.6 Å². The molecule has 130 valence electrons. The Bertz CT molecular complexity index is 664. The largest absolute Gasteiger partial charge is 0.380 e. The summed E-state index contributed by atoms with van der Waals surface area (Å²) in [6.07, 6.45) is 0. The number of rotatable bonds is 6. The van der Waals surface area contributed by atoms with Crippen molar-refractivity contribution in [2.24, 2.45) is 4.99 Å². The number of nitrogens with one attached hydrogen (secondary N) is 2. The molecule has 0 saturated heterocycles. The Balaban J connectivity index is 0.00000288. The number of benzene rings is 2. The zero-order valence-corrected chi connectivity index (χ0v) is 17.0. The van der Waals surface area contributed by atoms with Crippen molar-refractivity contribution >= 4 is 41.5 Å². The minimum atomic E-state index is 0. The summed E-state index contributed by atoms with van der Waals surface area (Å²) in [6, 6.07) is 16.1. The first-order valence-electron chi connectivity index (χ1n) is 7.47. The van der Waals surface area contributed by atoms with Gasteiger partial charge in [0.2, 0.25) is 0 Å². The third-order valence-electron chi connectivity index (χ3n) is 3.39. The van der Waals surface area contributed by atoms with E-state index < -0.39 is 0 Å². The van der Waals surface area contributed by atoms with E-state index in [2.05, 4.69) is 33.8 Å². The summed E-state index contributed by atoms with van der Waals surface area (Å²) in [5, 5.41) is 7.32. The highest BCUT2D eigenvalue weighted by atomic mass is 127. The second-order valence-corrected chi connectivity index (χ2v) is 5.53. The van der Waals surface area contributed by atoms with E-state index in [1.54, 1.807) is 14.2 Å². The van der Waals surface area contributed by atoms with Gasteiger partial charge in [0.1, 0.15) is 0 Å². The topological polar surface area (TPSA) is 45.7 Å². The van der Waals surface area contributed by atoms with Crippen LogP contribution in [-0.2, 0) is 24.4 Å². The second-order valence-electron chi connectivity index (χ2n) is 5.12. The standard InChI is InChI=1S/C18H22ClN3O.HI/c1-20-18(22-12-16-8-3-4-9-17(16)19)21-11-14-6-5-7-15(10-14)13-23-2;/h3-10H,11-13H2,1-2H3,(H2,20,21,22);1H. The predicted octanol–water partition coefficient (Wildman–Crippen LogP) is 3.97. The van der Waals surface area contributed by atoms with E-state index in [-0.39, 0.29) is 24.0 Å². The summed E-state index contributed by atoms with van der Waals surface area (Å²) in [6.45, 7) is 1.94. The fourth-order valence-electron chi connectivity index (χ4n) is 2.22. The molecule has 0 unspecified atom stereocenters. The number of hydrogen-bond donors (Lipinski definition) is 2. The van der Waals surface area contributed by atoms with Crippen molar-refractivity contribution in [1.29, 1.82) is 0 Å². The van der Waals surface area contributed by atoms with Crippen LogP contribution >= 0.6 is 35.6 Å². The van der Waals surface area contributed by atoms with E-state index >= 15 is 0 Å². The van der Waals surface area contributed by atoms with Crippen molar-refractivity contribution < 1.29 is 4.74 Å². The monoisotopic (exact) mass is 459 g/mol. The van der Waals surface area contributed by atoms with E-state index in [1.165, 1.54) is 5.56 Å². The maximum atomic E-state index is 6.16. The highest BCUT2D eigenvalue weighted by Crippen LogP contribution is 2.14. The normalized spacial score (nSPS) is 10.9. The van der Waals surface area contributed by atoms with Crippen molar-refractivity contribution in [3.63, 3.8) is 0 Å². The number of methoxy groups -OCH3 is 1. The molecule has 24 heavy (non-hydrogen) atoms. The SMILES string of the molecule is CN=C(NCc1cccc(COC)c1)NCc1ccccc1Cl.I. The molecule has 0 atom stereocenters. The number of aliphatic imine (C=N–C) groups is 1. The van der Waals surface area contributed by atoms with Gasteiger partial charge in [-0.25, -0.2) is 0 Å². The average molecular weight is 460 g/mol. The predicted molar refractivity (Wildman–Crippen MR) is 111 cm³/mol. The fourth-order valence-corrected chi connectivity index (χ4v) is 2.43. The van der Waals surface area contributed by atoms with Crippen LogP contribution in [0.2, 0.25) is 5.02 Å². The molecule has 0 aliphatic carbocycles. The average Bonchev–Trinajstić information content (AvgIpc) is 2.57. The van der Waals surface area contributed by atoms with E-state index in [9.17, 15) is 0 Å².